The average molecular weight is 412 g/mol. The van der Waals surface area contributed by atoms with Gasteiger partial charge in [-0.05, 0) is 92.4 Å². The molecule has 3 rings (SSSR count). The van der Waals surface area contributed by atoms with Crippen LogP contribution in [0.2, 0.25) is 0 Å². The number of ether oxygens (including phenoxy) is 1. The smallest absolute Gasteiger partial charge is 0.323 e. The van der Waals surface area contributed by atoms with Crippen LogP contribution in [0.3, 0.4) is 0 Å². The molecule has 30 heavy (non-hydrogen) atoms. The normalized spacial score (nSPS) is 20.5. The largest absolute Gasteiger partial charge is 0.490 e. The lowest BCUT2D eigenvalue weighted by molar-refractivity contribution is -0.148. The van der Waals surface area contributed by atoms with Crippen LogP contribution in [0.15, 0.2) is 36.4 Å². The molecule has 0 aromatic heterocycles. The summed E-state index contributed by atoms with van der Waals surface area (Å²) in [5, 5.41) is 11.7. The van der Waals surface area contributed by atoms with Crippen molar-refractivity contribution in [3.05, 3.63) is 42.0 Å². The Labute approximate surface area is 181 Å². The van der Waals surface area contributed by atoms with Gasteiger partial charge in [0.15, 0.2) is 0 Å². The fraction of sp³-hybridized carbons (Fsp3) is 0.577. The minimum atomic E-state index is -0.904. The molecular formula is C26H37NO3. The molecule has 4 nitrogen and oxygen atoms in total. The highest BCUT2D eigenvalue weighted by atomic mass is 16.5. The molecule has 2 aromatic carbocycles. The first-order chi connectivity index (χ1) is 14.0. The predicted molar refractivity (Wildman–Crippen MR) is 123 cm³/mol. The van der Waals surface area contributed by atoms with E-state index in [1.807, 2.05) is 11.9 Å². The molecule has 0 heterocycles. The number of fused-ring (bicyclic) bond motifs is 1. The Bertz CT molecular complexity index is 889. The van der Waals surface area contributed by atoms with E-state index in [4.69, 9.17) is 4.74 Å². The van der Waals surface area contributed by atoms with E-state index in [9.17, 15) is 9.90 Å². The third-order valence-electron chi connectivity index (χ3n) is 6.98. The Kier molecular flexibility index (Phi) is 6.47. The summed E-state index contributed by atoms with van der Waals surface area (Å²) in [7, 11) is 1.85. The van der Waals surface area contributed by atoms with Crippen molar-refractivity contribution in [3.8, 4) is 5.75 Å². The Balaban J connectivity index is 1.65. The van der Waals surface area contributed by atoms with E-state index in [1.165, 1.54) is 12.8 Å². The number of likely N-dealkylation sites (N-methyl/N-ethyl adjacent to an activating group) is 1. The van der Waals surface area contributed by atoms with Crippen molar-refractivity contribution in [1.29, 1.82) is 0 Å². The lowest BCUT2D eigenvalue weighted by Crippen LogP contribution is -2.47. The molecule has 0 aliphatic heterocycles. The van der Waals surface area contributed by atoms with Crippen molar-refractivity contribution >= 4 is 16.7 Å². The van der Waals surface area contributed by atoms with Crippen LogP contribution in [-0.2, 0) is 11.3 Å². The maximum absolute atomic E-state index is 11.5. The number of carbonyl (C=O) groups is 1. The van der Waals surface area contributed by atoms with Crippen molar-refractivity contribution in [3.63, 3.8) is 0 Å². The summed E-state index contributed by atoms with van der Waals surface area (Å²) in [5.74, 6) is 0.916. The van der Waals surface area contributed by atoms with Gasteiger partial charge in [-0.15, -0.1) is 0 Å². The van der Waals surface area contributed by atoms with Crippen LogP contribution < -0.4 is 4.74 Å². The van der Waals surface area contributed by atoms with Crippen LogP contribution in [-0.4, -0.2) is 34.7 Å². The molecular weight excluding hydrogens is 374 g/mol. The Morgan fingerprint density at radius 1 is 1.00 bits per heavy atom. The number of rotatable bonds is 6. The molecule has 1 aliphatic rings. The summed E-state index contributed by atoms with van der Waals surface area (Å²) in [6.45, 7) is 11.1. The molecule has 0 atom stereocenters. The third kappa shape index (κ3) is 5.15. The Morgan fingerprint density at radius 3 is 2.20 bits per heavy atom. The first kappa shape index (κ1) is 22.6. The first-order valence-corrected chi connectivity index (χ1v) is 11.1. The van der Waals surface area contributed by atoms with E-state index in [2.05, 4.69) is 57.2 Å². The zero-order chi connectivity index (χ0) is 22.1. The van der Waals surface area contributed by atoms with Gasteiger partial charge in [-0.1, -0.05) is 39.0 Å². The number of nitrogens with zero attached hydrogens (tertiary/aromatic N) is 1. The fourth-order valence-electron chi connectivity index (χ4n) is 4.32. The maximum Gasteiger partial charge on any atom is 0.323 e. The summed E-state index contributed by atoms with van der Waals surface area (Å²) in [4.78, 5) is 13.3. The molecule has 0 amide bonds. The molecule has 0 unspecified atom stereocenters. The number of aliphatic carboxylic acids is 1. The minimum Gasteiger partial charge on any atom is -0.490 e. The number of benzene rings is 2. The SMILES string of the molecule is CN(Cc1ccc2cc(OC3CCC(C(C)(C)C)CC3)ccc2c1)C(C)(C)C(=O)O. The van der Waals surface area contributed by atoms with Crippen molar-refractivity contribution in [2.45, 2.75) is 78.5 Å². The molecule has 1 aliphatic carbocycles. The van der Waals surface area contributed by atoms with Crippen LogP contribution in [0.4, 0.5) is 0 Å². The number of hydrogen-bond donors (Lipinski definition) is 1. The molecule has 0 radical (unpaired) electrons. The van der Waals surface area contributed by atoms with E-state index in [0.717, 1.165) is 40.8 Å². The average Bonchev–Trinajstić information content (AvgIpc) is 2.67. The first-order valence-electron chi connectivity index (χ1n) is 11.1. The van der Waals surface area contributed by atoms with Crippen LogP contribution in [0.1, 0.15) is 65.9 Å². The highest BCUT2D eigenvalue weighted by Crippen LogP contribution is 2.39. The molecule has 0 spiro atoms. The second-order valence-electron chi connectivity index (χ2n) is 10.5. The van der Waals surface area contributed by atoms with Gasteiger partial charge in [-0.2, -0.15) is 0 Å². The lowest BCUT2D eigenvalue weighted by Gasteiger charge is -2.37. The van der Waals surface area contributed by atoms with E-state index in [0.29, 0.717) is 18.1 Å². The summed E-state index contributed by atoms with van der Waals surface area (Å²) in [6, 6.07) is 12.6. The minimum absolute atomic E-state index is 0.312. The molecule has 1 N–H and O–H groups in total. The molecule has 1 saturated carbocycles. The van der Waals surface area contributed by atoms with Crippen molar-refractivity contribution < 1.29 is 14.6 Å². The second kappa shape index (κ2) is 8.58. The number of hydrogen-bond acceptors (Lipinski definition) is 3. The van der Waals surface area contributed by atoms with Gasteiger partial charge in [-0.3, -0.25) is 9.69 Å². The van der Waals surface area contributed by atoms with Gasteiger partial charge in [0.2, 0.25) is 0 Å². The molecule has 1 fully saturated rings. The van der Waals surface area contributed by atoms with Crippen molar-refractivity contribution in [1.82, 2.24) is 4.90 Å². The van der Waals surface area contributed by atoms with E-state index < -0.39 is 11.5 Å². The number of carboxylic acids is 1. The third-order valence-corrected chi connectivity index (χ3v) is 6.98. The fourth-order valence-corrected chi connectivity index (χ4v) is 4.32. The molecule has 164 valence electrons. The van der Waals surface area contributed by atoms with Gasteiger partial charge < -0.3 is 9.84 Å². The molecule has 2 aromatic rings. The van der Waals surface area contributed by atoms with Gasteiger partial charge in [0.05, 0.1) is 6.10 Å². The van der Waals surface area contributed by atoms with Crippen molar-refractivity contribution in [2.24, 2.45) is 11.3 Å². The second-order valence-corrected chi connectivity index (χ2v) is 10.5. The van der Waals surface area contributed by atoms with Crippen molar-refractivity contribution in [2.75, 3.05) is 7.05 Å². The van der Waals surface area contributed by atoms with Gasteiger partial charge in [0.1, 0.15) is 11.3 Å². The standard InChI is InChI=1S/C26H37NO3/c1-25(2,3)21-10-13-22(14-11-21)30-23-12-9-19-15-18(7-8-20(19)16-23)17-27(6)26(4,5)24(28)29/h7-9,12,15-16,21-22H,10-11,13-14,17H2,1-6H3,(H,28,29). The van der Waals surface area contributed by atoms with E-state index >= 15 is 0 Å². The topological polar surface area (TPSA) is 49.8 Å². The molecule has 0 bridgehead atoms. The quantitative estimate of drug-likeness (QED) is 0.622. The Hall–Kier alpha value is -2.07. The summed E-state index contributed by atoms with van der Waals surface area (Å²) >= 11 is 0. The van der Waals surface area contributed by atoms with Crippen LogP contribution in [0, 0.1) is 11.3 Å². The summed E-state index contributed by atoms with van der Waals surface area (Å²) in [5.41, 5.74) is 0.589. The summed E-state index contributed by atoms with van der Waals surface area (Å²) in [6.07, 6.45) is 5.05. The predicted octanol–water partition coefficient (Wildman–Crippen LogP) is 6.12. The van der Waals surface area contributed by atoms with Gasteiger partial charge in [0, 0.05) is 6.54 Å². The summed E-state index contributed by atoms with van der Waals surface area (Å²) < 4.78 is 6.32. The molecule has 0 saturated heterocycles. The number of carboxylic acid groups (broad SMARTS) is 1. The van der Waals surface area contributed by atoms with Gasteiger partial charge >= 0.3 is 5.97 Å². The van der Waals surface area contributed by atoms with Crippen LogP contribution in [0.25, 0.3) is 10.8 Å². The van der Waals surface area contributed by atoms with Crippen LogP contribution in [0.5, 0.6) is 5.75 Å². The monoisotopic (exact) mass is 411 g/mol. The Morgan fingerprint density at radius 2 is 1.60 bits per heavy atom. The van der Waals surface area contributed by atoms with Crippen LogP contribution >= 0.6 is 0 Å². The molecule has 4 heteroatoms. The maximum atomic E-state index is 11.5. The zero-order valence-electron chi connectivity index (χ0n) is 19.4. The lowest BCUT2D eigenvalue weighted by atomic mass is 9.72. The van der Waals surface area contributed by atoms with Gasteiger partial charge in [-0.25, -0.2) is 0 Å². The zero-order valence-corrected chi connectivity index (χ0v) is 19.4. The highest BCUT2D eigenvalue weighted by Gasteiger charge is 2.32. The van der Waals surface area contributed by atoms with E-state index in [-0.39, 0.29) is 0 Å². The van der Waals surface area contributed by atoms with E-state index in [1.54, 1.807) is 13.8 Å². The highest BCUT2D eigenvalue weighted by molar-refractivity contribution is 5.84. The van der Waals surface area contributed by atoms with Gasteiger partial charge in [0.25, 0.3) is 0 Å².